The molecule has 0 bridgehead atoms. The van der Waals surface area contributed by atoms with E-state index >= 15 is 0 Å². The average molecular weight is 401 g/mol. The van der Waals surface area contributed by atoms with Gasteiger partial charge in [-0.2, -0.15) is 0 Å². The molecule has 4 rings (SSSR count). The molecule has 0 spiro atoms. The molecule has 8 heteroatoms. The second-order valence-corrected chi connectivity index (χ2v) is 8.46. The molecule has 2 heterocycles. The lowest BCUT2D eigenvalue weighted by Crippen LogP contribution is -2.42. The largest absolute Gasteiger partial charge is 0.337 e. The minimum atomic E-state index is -0.528. The highest BCUT2D eigenvalue weighted by Crippen LogP contribution is 2.34. The summed E-state index contributed by atoms with van der Waals surface area (Å²) in [5, 5.41) is 5.64. The van der Waals surface area contributed by atoms with Crippen molar-refractivity contribution >= 4 is 33.5 Å². The topological polar surface area (TPSA) is 93.1 Å². The fourth-order valence-electron chi connectivity index (χ4n) is 3.97. The lowest BCUT2D eigenvalue weighted by molar-refractivity contribution is -0.120. The maximum atomic E-state index is 12.8. The maximum absolute atomic E-state index is 12.8. The lowest BCUT2D eigenvalue weighted by atomic mass is 9.97. The summed E-state index contributed by atoms with van der Waals surface area (Å²) in [4.78, 5) is 43.2. The van der Waals surface area contributed by atoms with Crippen LogP contribution < -0.4 is 16.2 Å². The number of allylic oxidation sites excluding steroid dienone is 1. The molecule has 148 valence electrons. The van der Waals surface area contributed by atoms with Gasteiger partial charge in [0.2, 0.25) is 5.91 Å². The monoisotopic (exact) mass is 400 g/mol. The number of aryl methyl sites for hydroxylation is 2. The van der Waals surface area contributed by atoms with Gasteiger partial charge < -0.3 is 5.32 Å². The van der Waals surface area contributed by atoms with E-state index in [-0.39, 0.29) is 12.1 Å². The Morgan fingerprint density at radius 1 is 1.18 bits per heavy atom. The van der Waals surface area contributed by atoms with E-state index in [4.69, 9.17) is 0 Å². The van der Waals surface area contributed by atoms with Crippen LogP contribution in [0.25, 0.3) is 10.2 Å². The van der Waals surface area contributed by atoms with Gasteiger partial charge in [0.15, 0.2) is 0 Å². The number of carbonyl (C=O) groups is 2. The molecule has 0 unspecified atom stereocenters. The number of imide groups is 1. The van der Waals surface area contributed by atoms with E-state index in [1.807, 2.05) is 0 Å². The van der Waals surface area contributed by atoms with Crippen LogP contribution in [0.1, 0.15) is 49.0 Å². The SMILES string of the molecule is O=C(Cn1cnc2sc3c(c2c1=O)CCC3)NC(=O)NCCC1=CCCCC1. The van der Waals surface area contributed by atoms with Crippen LogP contribution >= 0.6 is 11.3 Å². The maximum Gasteiger partial charge on any atom is 0.321 e. The van der Waals surface area contributed by atoms with Gasteiger partial charge in [-0.3, -0.25) is 19.5 Å². The molecule has 0 radical (unpaired) electrons. The summed E-state index contributed by atoms with van der Waals surface area (Å²) < 4.78 is 1.28. The molecule has 0 aliphatic heterocycles. The van der Waals surface area contributed by atoms with Gasteiger partial charge >= 0.3 is 6.03 Å². The Bertz CT molecular complexity index is 1000. The summed E-state index contributed by atoms with van der Waals surface area (Å²) >= 11 is 1.57. The van der Waals surface area contributed by atoms with E-state index in [9.17, 15) is 14.4 Å². The van der Waals surface area contributed by atoms with Crippen molar-refractivity contribution in [2.45, 2.75) is 57.9 Å². The molecule has 0 fully saturated rings. The Morgan fingerprint density at radius 3 is 2.89 bits per heavy atom. The van der Waals surface area contributed by atoms with Crippen molar-refractivity contribution < 1.29 is 9.59 Å². The second-order valence-electron chi connectivity index (χ2n) is 7.38. The normalized spacial score (nSPS) is 15.9. The summed E-state index contributed by atoms with van der Waals surface area (Å²) in [6.07, 6.45) is 12.0. The zero-order valence-electron chi connectivity index (χ0n) is 15.8. The third-order valence-corrected chi connectivity index (χ3v) is 6.58. The Kier molecular flexibility index (Phi) is 5.57. The van der Waals surface area contributed by atoms with Crippen molar-refractivity contribution in [3.8, 4) is 0 Å². The summed E-state index contributed by atoms with van der Waals surface area (Å²) in [6, 6.07) is -0.528. The van der Waals surface area contributed by atoms with Gasteiger partial charge in [-0.15, -0.1) is 11.3 Å². The van der Waals surface area contributed by atoms with Crippen molar-refractivity contribution in [2.24, 2.45) is 0 Å². The predicted molar refractivity (Wildman–Crippen MR) is 109 cm³/mol. The lowest BCUT2D eigenvalue weighted by Gasteiger charge is -2.13. The van der Waals surface area contributed by atoms with Gasteiger partial charge in [0.05, 0.1) is 11.7 Å². The molecule has 2 N–H and O–H groups in total. The van der Waals surface area contributed by atoms with Crippen LogP contribution in [0, 0.1) is 0 Å². The van der Waals surface area contributed by atoms with Crippen molar-refractivity contribution in [3.63, 3.8) is 0 Å². The first kappa shape index (κ1) is 18.9. The van der Waals surface area contributed by atoms with Crippen LogP contribution in [0.5, 0.6) is 0 Å². The summed E-state index contributed by atoms with van der Waals surface area (Å²) in [5.41, 5.74) is 2.25. The number of thiophene rings is 1. The Labute approximate surface area is 166 Å². The number of hydrogen-bond donors (Lipinski definition) is 2. The molecule has 7 nitrogen and oxygen atoms in total. The van der Waals surface area contributed by atoms with E-state index < -0.39 is 11.9 Å². The van der Waals surface area contributed by atoms with Crippen molar-refractivity contribution in [3.05, 3.63) is 38.8 Å². The molecule has 2 aromatic heterocycles. The van der Waals surface area contributed by atoms with Gasteiger partial charge in [0.25, 0.3) is 5.56 Å². The van der Waals surface area contributed by atoms with E-state index in [0.29, 0.717) is 11.9 Å². The molecule has 2 aromatic rings. The number of nitrogens with one attached hydrogen (secondary N) is 2. The number of nitrogens with zero attached hydrogens (tertiary/aromatic N) is 2. The highest BCUT2D eigenvalue weighted by atomic mass is 32.1. The molecule has 0 atom stereocenters. The predicted octanol–water partition coefficient (Wildman–Crippen LogP) is 2.66. The number of rotatable bonds is 5. The van der Waals surface area contributed by atoms with Crippen LogP contribution in [0.15, 0.2) is 22.8 Å². The van der Waals surface area contributed by atoms with Gasteiger partial charge in [-0.05, 0) is 56.9 Å². The number of hydrogen-bond acceptors (Lipinski definition) is 5. The van der Waals surface area contributed by atoms with E-state index in [1.165, 1.54) is 34.2 Å². The first-order valence-corrected chi connectivity index (χ1v) is 10.7. The number of carbonyl (C=O) groups excluding carboxylic acids is 2. The average Bonchev–Trinajstić information content (AvgIpc) is 3.26. The fraction of sp³-hybridized carbons (Fsp3) is 0.500. The molecule has 2 aliphatic rings. The first-order valence-electron chi connectivity index (χ1n) is 9.87. The summed E-state index contributed by atoms with van der Waals surface area (Å²) in [5.74, 6) is -0.524. The number of fused-ring (bicyclic) bond motifs is 3. The smallest absolute Gasteiger partial charge is 0.321 e. The van der Waals surface area contributed by atoms with E-state index in [0.717, 1.165) is 48.9 Å². The third-order valence-electron chi connectivity index (χ3n) is 5.38. The summed E-state index contributed by atoms with van der Waals surface area (Å²) in [7, 11) is 0. The molecule has 28 heavy (non-hydrogen) atoms. The Morgan fingerprint density at radius 2 is 2.07 bits per heavy atom. The quantitative estimate of drug-likeness (QED) is 0.755. The van der Waals surface area contributed by atoms with Crippen LogP contribution in [-0.2, 0) is 24.2 Å². The van der Waals surface area contributed by atoms with Crippen LogP contribution in [0.4, 0.5) is 4.79 Å². The summed E-state index contributed by atoms with van der Waals surface area (Å²) in [6.45, 7) is 0.282. The molecular formula is C20H24N4O3S. The second kappa shape index (κ2) is 8.26. The fourth-order valence-corrected chi connectivity index (χ4v) is 5.19. The van der Waals surface area contributed by atoms with Gasteiger partial charge in [-0.1, -0.05) is 11.6 Å². The molecule has 0 saturated carbocycles. The van der Waals surface area contributed by atoms with Gasteiger partial charge in [0.1, 0.15) is 11.4 Å². The van der Waals surface area contributed by atoms with Gasteiger partial charge in [0, 0.05) is 11.4 Å². The Balaban J connectivity index is 1.33. The van der Waals surface area contributed by atoms with Crippen molar-refractivity contribution in [1.29, 1.82) is 0 Å². The number of urea groups is 1. The van der Waals surface area contributed by atoms with E-state index in [1.54, 1.807) is 11.3 Å². The van der Waals surface area contributed by atoms with Gasteiger partial charge in [-0.25, -0.2) is 9.78 Å². The first-order chi connectivity index (χ1) is 13.6. The minimum Gasteiger partial charge on any atom is -0.337 e. The molecule has 0 saturated heterocycles. The highest BCUT2D eigenvalue weighted by Gasteiger charge is 2.21. The standard InChI is InChI=1S/C20H24N4O3S/c25-16(23-20(27)21-10-9-13-5-2-1-3-6-13)11-24-12-22-18-17(19(24)26)14-7-4-8-15(14)28-18/h5,12H,1-4,6-11H2,(H2,21,23,25,27). The third kappa shape index (κ3) is 4.01. The molecule has 3 amide bonds. The van der Waals surface area contributed by atoms with Crippen LogP contribution in [-0.4, -0.2) is 28.0 Å². The minimum absolute atomic E-state index is 0.204. The number of amides is 3. The molecule has 2 aliphatic carbocycles. The number of aromatic nitrogens is 2. The molecule has 0 aromatic carbocycles. The zero-order chi connectivity index (χ0) is 19.5. The van der Waals surface area contributed by atoms with Crippen LogP contribution in [0.3, 0.4) is 0 Å². The zero-order valence-corrected chi connectivity index (χ0v) is 16.6. The van der Waals surface area contributed by atoms with Crippen LogP contribution in [0.2, 0.25) is 0 Å². The molecular weight excluding hydrogens is 376 g/mol. The van der Waals surface area contributed by atoms with Crippen molar-refractivity contribution in [1.82, 2.24) is 20.2 Å². The van der Waals surface area contributed by atoms with Crippen molar-refractivity contribution in [2.75, 3.05) is 6.54 Å². The Hall–Kier alpha value is -2.48. The van der Waals surface area contributed by atoms with E-state index in [2.05, 4.69) is 21.7 Å². The highest BCUT2D eigenvalue weighted by molar-refractivity contribution is 7.18.